The summed E-state index contributed by atoms with van der Waals surface area (Å²) in [6.45, 7) is 0. The van der Waals surface area contributed by atoms with Crippen LogP contribution in [0.1, 0.15) is 25.3 Å². The maximum atomic E-state index is 11.5. The first-order valence-electron chi connectivity index (χ1n) is 5.26. The number of nitrogens with zero attached hydrogens (tertiary/aromatic N) is 2. The molecule has 1 saturated carbocycles. The van der Waals surface area contributed by atoms with Crippen LogP contribution in [0.4, 0.5) is 0 Å². The van der Waals surface area contributed by atoms with Gasteiger partial charge >= 0.3 is 0 Å². The van der Waals surface area contributed by atoms with Crippen molar-refractivity contribution in [3.8, 4) is 0 Å². The zero-order valence-electron chi connectivity index (χ0n) is 9.11. The number of carbonyl (C=O) groups excluding carboxylic acids is 1. The average Bonchev–Trinajstić information content (AvgIpc) is 2.84. The number of carbonyl (C=O) groups is 1. The molecule has 1 aliphatic rings. The standard InChI is InChI=1S/C10H15BrN4O/c1-13-10(9(12)16)3-2-8(4-10)15-6-7(11)5-14-15/h5-6,8,13H,2-4H2,1H3,(H2,12,16). The van der Waals surface area contributed by atoms with Gasteiger partial charge in [-0.1, -0.05) is 0 Å². The van der Waals surface area contributed by atoms with Crippen molar-refractivity contribution >= 4 is 21.8 Å². The Labute approximate surface area is 103 Å². The zero-order chi connectivity index (χ0) is 11.8. The van der Waals surface area contributed by atoms with Crippen molar-refractivity contribution in [2.75, 3.05) is 7.05 Å². The lowest BCUT2D eigenvalue weighted by Crippen LogP contribution is -2.52. The molecule has 3 N–H and O–H groups in total. The molecular weight excluding hydrogens is 272 g/mol. The molecule has 0 radical (unpaired) electrons. The highest BCUT2D eigenvalue weighted by Crippen LogP contribution is 2.37. The minimum atomic E-state index is -0.566. The summed E-state index contributed by atoms with van der Waals surface area (Å²) in [7, 11) is 1.78. The third kappa shape index (κ3) is 1.87. The summed E-state index contributed by atoms with van der Waals surface area (Å²) in [5.41, 5.74) is 4.88. The normalized spacial score (nSPS) is 29.5. The second kappa shape index (κ2) is 4.18. The van der Waals surface area contributed by atoms with Gasteiger partial charge in [-0.15, -0.1) is 0 Å². The molecule has 1 fully saturated rings. The molecule has 6 heteroatoms. The molecule has 2 unspecified atom stereocenters. The van der Waals surface area contributed by atoms with E-state index >= 15 is 0 Å². The van der Waals surface area contributed by atoms with E-state index < -0.39 is 5.54 Å². The Morgan fingerprint density at radius 1 is 1.81 bits per heavy atom. The molecule has 1 aromatic rings. The van der Waals surface area contributed by atoms with Crippen molar-refractivity contribution in [1.29, 1.82) is 0 Å². The molecule has 1 heterocycles. The van der Waals surface area contributed by atoms with Crippen molar-refractivity contribution in [3.63, 3.8) is 0 Å². The van der Waals surface area contributed by atoms with Gasteiger partial charge in [0, 0.05) is 6.20 Å². The van der Waals surface area contributed by atoms with Gasteiger partial charge in [0.2, 0.25) is 5.91 Å². The molecule has 2 atom stereocenters. The number of hydrogen-bond donors (Lipinski definition) is 2. The van der Waals surface area contributed by atoms with Crippen molar-refractivity contribution in [2.24, 2.45) is 5.73 Å². The predicted octanol–water partition coefficient (Wildman–Crippen LogP) is 0.814. The Kier molecular flexibility index (Phi) is 3.03. The lowest BCUT2D eigenvalue weighted by molar-refractivity contribution is -0.124. The molecule has 0 bridgehead atoms. The number of nitrogens with one attached hydrogen (secondary N) is 1. The lowest BCUT2D eigenvalue weighted by atomic mass is 9.97. The highest BCUT2D eigenvalue weighted by molar-refractivity contribution is 9.10. The summed E-state index contributed by atoms with van der Waals surface area (Å²) in [4.78, 5) is 11.5. The van der Waals surface area contributed by atoms with E-state index in [1.165, 1.54) is 0 Å². The summed E-state index contributed by atoms with van der Waals surface area (Å²) in [5, 5.41) is 7.30. The smallest absolute Gasteiger partial charge is 0.237 e. The Balaban J connectivity index is 2.16. The number of rotatable bonds is 3. The van der Waals surface area contributed by atoms with Crippen LogP contribution in [0.3, 0.4) is 0 Å². The molecule has 0 aromatic carbocycles. The second-order valence-corrected chi connectivity index (χ2v) is 5.15. The first kappa shape index (κ1) is 11.6. The minimum absolute atomic E-state index is 0.242. The molecule has 0 aliphatic heterocycles. The average molecular weight is 287 g/mol. The van der Waals surface area contributed by atoms with E-state index in [-0.39, 0.29) is 11.9 Å². The van der Waals surface area contributed by atoms with Crippen molar-refractivity contribution in [1.82, 2.24) is 15.1 Å². The van der Waals surface area contributed by atoms with E-state index in [4.69, 9.17) is 5.73 Å². The highest BCUT2D eigenvalue weighted by atomic mass is 79.9. The largest absolute Gasteiger partial charge is 0.368 e. The SMILES string of the molecule is CNC1(C(N)=O)CCC(n2cc(Br)cn2)C1. The molecule has 5 nitrogen and oxygen atoms in total. The second-order valence-electron chi connectivity index (χ2n) is 4.23. The summed E-state index contributed by atoms with van der Waals surface area (Å²) in [5.74, 6) is -0.274. The number of nitrogens with two attached hydrogens (primary N) is 1. The van der Waals surface area contributed by atoms with Crippen molar-refractivity contribution in [2.45, 2.75) is 30.8 Å². The highest BCUT2D eigenvalue weighted by Gasteiger charge is 2.43. The molecule has 1 amide bonds. The molecule has 1 aromatic heterocycles. The van der Waals surface area contributed by atoms with Gasteiger partial charge in [-0.25, -0.2) is 0 Å². The van der Waals surface area contributed by atoms with E-state index in [9.17, 15) is 4.79 Å². The van der Waals surface area contributed by atoms with Gasteiger partial charge in [0.25, 0.3) is 0 Å². The first-order chi connectivity index (χ1) is 7.57. The molecule has 1 aliphatic carbocycles. The lowest BCUT2D eigenvalue weighted by Gasteiger charge is -2.24. The fourth-order valence-electron chi connectivity index (χ4n) is 2.33. The van der Waals surface area contributed by atoms with Gasteiger partial charge in [0.05, 0.1) is 22.3 Å². The van der Waals surface area contributed by atoms with Crippen LogP contribution in [-0.2, 0) is 4.79 Å². The van der Waals surface area contributed by atoms with Gasteiger partial charge in [-0.3, -0.25) is 9.48 Å². The Hall–Kier alpha value is -0.880. The monoisotopic (exact) mass is 286 g/mol. The molecule has 0 spiro atoms. The summed E-state index contributed by atoms with van der Waals surface area (Å²) >= 11 is 3.36. The van der Waals surface area contributed by atoms with E-state index in [0.717, 1.165) is 17.3 Å². The van der Waals surface area contributed by atoms with Gasteiger partial charge < -0.3 is 11.1 Å². The number of amides is 1. The van der Waals surface area contributed by atoms with Crippen LogP contribution in [0.5, 0.6) is 0 Å². The molecular formula is C10H15BrN4O. The van der Waals surface area contributed by atoms with Crippen LogP contribution >= 0.6 is 15.9 Å². The first-order valence-corrected chi connectivity index (χ1v) is 6.05. The third-order valence-electron chi connectivity index (χ3n) is 3.38. The van der Waals surface area contributed by atoms with Gasteiger partial charge in [0.1, 0.15) is 0 Å². The third-order valence-corrected chi connectivity index (χ3v) is 3.79. The maximum absolute atomic E-state index is 11.5. The van der Waals surface area contributed by atoms with Crippen molar-refractivity contribution < 1.29 is 4.79 Å². The van der Waals surface area contributed by atoms with Crippen LogP contribution < -0.4 is 11.1 Å². The number of aromatic nitrogens is 2. The summed E-state index contributed by atoms with van der Waals surface area (Å²) in [6.07, 6.45) is 6.06. The van der Waals surface area contributed by atoms with Crippen LogP contribution in [-0.4, -0.2) is 28.3 Å². The summed E-state index contributed by atoms with van der Waals surface area (Å²) < 4.78 is 2.85. The number of primary amides is 1. The van der Waals surface area contributed by atoms with Crippen molar-refractivity contribution in [3.05, 3.63) is 16.9 Å². The van der Waals surface area contributed by atoms with Crippen LogP contribution in [0.25, 0.3) is 0 Å². The van der Waals surface area contributed by atoms with Gasteiger partial charge in [-0.05, 0) is 42.2 Å². The van der Waals surface area contributed by atoms with Gasteiger partial charge in [0.15, 0.2) is 0 Å². The number of likely N-dealkylation sites (N-methyl/N-ethyl adjacent to an activating group) is 1. The maximum Gasteiger partial charge on any atom is 0.237 e. The van der Waals surface area contributed by atoms with Crippen LogP contribution in [0, 0.1) is 0 Å². The number of hydrogen-bond acceptors (Lipinski definition) is 3. The molecule has 88 valence electrons. The molecule has 2 rings (SSSR count). The van der Waals surface area contributed by atoms with E-state index in [0.29, 0.717) is 6.42 Å². The quantitative estimate of drug-likeness (QED) is 0.864. The minimum Gasteiger partial charge on any atom is -0.368 e. The van der Waals surface area contributed by atoms with E-state index in [1.807, 2.05) is 10.9 Å². The van der Waals surface area contributed by atoms with Crippen LogP contribution in [0.2, 0.25) is 0 Å². The predicted molar refractivity (Wildman–Crippen MR) is 63.8 cm³/mol. The summed E-state index contributed by atoms with van der Waals surface area (Å²) in [6, 6.07) is 0.242. The number of halogens is 1. The molecule has 16 heavy (non-hydrogen) atoms. The van der Waals surface area contributed by atoms with Gasteiger partial charge in [-0.2, -0.15) is 5.10 Å². The Morgan fingerprint density at radius 3 is 3.00 bits per heavy atom. The molecule has 0 saturated heterocycles. The topological polar surface area (TPSA) is 72.9 Å². The fourth-order valence-corrected chi connectivity index (χ4v) is 2.64. The fraction of sp³-hybridized carbons (Fsp3) is 0.600. The van der Waals surface area contributed by atoms with Crippen LogP contribution in [0.15, 0.2) is 16.9 Å². The Morgan fingerprint density at radius 2 is 2.56 bits per heavy atom. The zero-order valence-corrected chi connectivity index (χ0v) is 10.7. The Bertz CT molecular complexity index is 405. The van der Waals surface area contributed by atoms with E-state index in [1.54, 1.807) is 13.2 Å². The van der Waals surface area contributed by atoms with E-state index in [2.05, 4.69) is 26.3 Å².